The monoisotopic (exact) mass is 282 g/mol. The van der Waals surface area contributed by atoms with Crippen LogP contribution in [0.15, 0.2) is 54.7 Å². The van der Waals surface area contributed by atoms with Crippen molar-refractivity contribution in [1.82, 2.24) is 9.88 Å². The summed E-state index contributed by atoms with van der Waals surface area (Å²) in [5, 5.41) is 0.737. The summed E-state index contributed by atoms with van der Waals surface area (Å²) in [6.45, 7) is 0.535. The lowest BCUT2D eigenvalue weighted by atomic mass is 10.1. The van der Waals surface area contributed by atoms with Crippen molar-refractivity contribution < 1.29 is 9.18 Å². The van der Waals surface area contributed by atoms with Gasteiger partial charge in [0.2, 0.25) is 0 Å². The Labute approximate surface area is 122 Å². The lowest BCUT2D eigenvalue weighted by Gasteiger charge is -2.16. The van der Waals surface area contributed by atoms with E-state index >= 15 is 0 Å². The first kappa shape index (κ1) is 13.4. The molecule has 0 atom stereocenters. The van der Waals surface area contributed by atoms with Gasteiger partial charge in [-0.1, -0.05) is 30.3 Å². The Bertz CT molecular complexity index is 780. The topological polar surface area (TPSA) is 36.1 Å². The molecule has 0 saturated carbocycles. The van der Waals surface area contributed by atoms with E-state index in [1.807, 2.05) is 30.3 Å². The van der Waals surface area contributed by atoms with Gasteiger partial charge in [0.1, 0.15) is 5.82 Å². The zero-order chi connectivity index (χ0) is 14.8. The van der Waals surface area contributed by atoms with Gasteiger partial charge >= 0.3 is 0 Å². The zero-order valence-electron chi connectivity index (χ0n) is 11.6. The summed E-state index contributed by atoms with van der Waals surface area (Å²) in [4.78, 5) is 17.1. The SMILES string of the molecule is CN(Cc1ccccc1)C(=O)c1c[nH]c2cc(F)ccc12. The minimum Gasteiger partial charge on any atom is -0.360 e. The van der Waals surface area contributed by atoms with E-state index in [9.17, 15) is 9.18 Å². The molecule has 0 saturated heterocycles. The fourth-order valence-corrected chi connectivity index (χ4v) is 2.41. The molecule has 1 N–H and O–H groups in total. The normalized spacial score (nSPS) is 10.8. The highest BCUT2D eigenvalue weighted by Gasteiger charge is 2.16. The number of carbonyl (C=O) groups excluding carboxylic acids is 1. The fourth-order valence-electron chi connectivity index (χ4n) is 2.41. The first-order valence-electron chi connectivity index (χ1n) is 6.71. The van der Waals surface area contributed by atoms with Crippen LogP contribution < -0.4 is 0 Å². The van der Waals surface area contributed by atoms with E-state index in [0.717, 1.165) is 10.9 Å². The highest BCUT2D eigenvalue weighted by molar-refractivity contribution is 6.06. The molecule has 0 radical (unpaired) electrons. The van der Waals surface area contributed by atoms with Crippen molar-refractivity contribution in [1.29, 1.82) is 0 Å². The Morgan fingerprint density at radius 3 is 2.71 bits per heavy atom. The largest absolute Gasteiger partial charge is 0.360 e. The van der Waals surface area contributed by atoms with Crippen molar-refractivity contribution in [3.8, 4) is 0 Å². The Hall–Kier alpha value is -2.62. The number of hydrogen-bond donors (Lipinski definition) is 1. The van der Waals surface area contributed by atoms with Crippen molar-refractivity contribution in [2.75, 3.05) is 7.05 Å². The van der Waals surface area contributed by atoms with Crippen molar-refractivity contribution in [2.24, 2.45) is 0 Å². The van der Waals surface area contributed by atoms with Gasteiger partial charge in [-0.15, -0.1) is 0 Å². The van der Waals surface area contributed by atoms with Crippen LogP contribution in [-0.4, -0.2) is 22.8 Å². The minimum absolute atomic E-state index is 0.0864. The molecule has 1 amide bonds. The van der Waals surface area contributed by atoms with Gasteiger partial charge in [-0.2, -0.15) is 0 Å². The van der Waals surface area contributed by atoms with E-state index in [0.29, 0.717) is 17.6 Å². The van der Waals surface area contributed by atoms with Gasteiger partial charge in [-0.3, -0.25) is 4.79 Å². The third-order valence-electron chi connectivity index (χ3n) is 3.48. The number of nitrogens with zero attached hydrogens (tertiary/aromatic N) is 1. The van der Waals surface area contributed by atoms with Crippen LogP contribution in [0.1, 0.15) is 15.9 Å². The number of hydrogen-bond acceptors (Lipinski definition) is 1. The molecule has 0 aliphatic carbocycles. The Morgan fingerprint density at radius 1 is 1.19 bits per heavy atom. The summed E-state index contributed by atoms with van der Waals surface area (Å²) in [7, 11) is 1.76. The van der Waals surface area contributed by atoms with Crippen molar-refractivity contribution in [3.05, 3.63) is 71.7 Å². The van der Waals surface area contributed by atoms with E-state index in [1.165, 1.54) is 12.1 Å². The summed E-state index contributed by atoms with van der Waals surface area (Å²) in [6, 6.07) is 14.2. The molecule has 0 fully saturated rings. The van der Waals surface area contributed by atoms with Gasteiger partial charge in [-0.25, -0.2) is 4.39 Å². The average molecular weight is 282 g/mol. The standard InChI is InChI=1S/C17H15FN2O/c1-20(11-12-5-3-2-4-6-12)17(21)15-10-19-16-9-13(18)7-8-14(15)16/h2-10,19H,11H2,1H3. The number of rotatable bonds is 3. The number of H-pyrrole nitrogens is 1. The van der Waals surface area contributed by atoms with Gasteiger partial charge in [0.05, 0.1) is 5.56 Å². The summed E-state index contributed by atoms with van der Waals surface area (Å²) in [5.41, 5.74) is 2.26. The Balaban J connectivity index is 1.86. The molecule has 0 unspecified atom stereocenters. The van der Waals surface area contributed by atoms with Crippen LogP contribution in [0.25, 0.3) is 10.9 Å². The smallest absolute Gasteiger partial charge is 0.256 e. The summed E-state index contributed by atoms with van der Waals surface area (Å²) in [5.74, 6) is -0.405. The van der Waals surface area contributed by atoms with Crippen molar-refractivity contribution in [2.45, 2.75) is 6.54 Å². The molecule has 106 valence electrons. The quantitative estimate of drug-likeness (QED) is 0.783. The molecular weight excluding hydrogens is 267 g/mol. The van der Waals surface area contributed by atoms with Gasteiger partial charge in [-0.05, 0) is 23.8 Å². The second kappa shape index (κ2) is 5.40. The Morgan fingerprint density at radius 2 is 1.95 bits per heavy atom. The number of amides is 1. The molecule has 1 heterocycles. The number of halogens is 1. The third-order valence-corrected chi connectivity index (χ3v) is 3.48. The first-order valence-corrected chi connectivity index (χ1v) is 6.71. The lowest BCUT2D eigenvalue weighted by molar-refractivity contribution is 0.0787. The van der Waals surface area contributed by atoms with E-state index in [-0.39, 0.29) is 11.7 Å². The molecule has 1 aromatic heterocycles. The number of fused-ring (bicyclic) bond motifs is 1. The third kappa shape index (κ3) is 2.65. The molecule has 0 aliphatic rings. The van der Waals surface area contributed by atoms with Crippen LogP contribution in [0.4, 0.5) is 4.39 Å². The predicted molar refractivity (Wildman–Crippen MR) is 80.5 cm³/mol. The van der Waals surface area contributed by atoms with E-state index in [2.05, 4.69) is 4.98 Å². The lowest BCUT2D eigenvalue weighted by Crippen LogP contribution is -2.25. The molecule has 0 spiro atoms. The van der Waals surface area contributed by atoms with Crippen LogP contribution in [-0.2, 0) is 6.54 Å². The maximum atomic E-state index is 13.2. The maximum absolute atomic E-state index is 13.2. The molecular formula is C17H15FN2O. The highest BCUT2D eigenvalue weighted by atomic mass is 19.1. The van der Waals surface area contributed by atoms with Crippen LogP contribution in [0.2, 0.25) is 0 Å². The van der Waals surface area contributed by atoms with Gasteiger partial charge < -0.3 is 9.88 Å². The minimum atomic E-state index is -0.319. The predicted octanol–water partition coefficient (Wildman–Crippen LogP) is 3.58. The van der Waals surface area contributed by atoms with Crippen LogP contribution in [0, 0.1) is 5.82 Å². The first-order chi connectivity index (χ1) is 10.1. The molecule has 3 rings (SSSR count). The van der Waals surface area contributed by atoms with Gasteiger partial charge in [0.15, 0.2) is 0 Å². The van der Waals surface area contributed by atoms with E-state index in [4.69, 9.17) is 0 Å². The summed E-state index contributed by atoms with van der Waals surface area (Å²) < 4.78 is 13.2. The van der Waals surface area contributed by atoms with Gasteiger partial charge in [0.25, 0.3) is 5.91 Å². The van der Waals surface area contributed by atoms with Crippen molar-refractivity contribution in [3.63, 3.8) is 0 Å². The molecule has 2 aromatic carbocycles. The van der Waals surface area contributed by atoms with E-state index < -0.39 is 0 Å². The van der Waals surface area contributed by atoms with Crippen molar-refractivity contribution >= 4 is 16.8 Å². The van der Waals surface area contributed by atoms with Crippen LogP contribution in [0.5, 0.6) is 0 Å². The summed E-state index contributed by atoms with van der Waals surface area (Å²) in [6.07, 6.45) is 1.63. The second-order valence-corrected chi connectivity index (χ2v) is 5.04. The molecule has 21 heavy (non-hydrogen) atoms. The molecule has 0 aliphatic heterocycles. The molecule has 4 heteroatoms. The summed E-state index contributed by atoms with van der Waals surface area (Å²) >= 11 is 0. The van der Waals surface area contributed by atoms with E-state index in [1.54, 1.807) is 24.2 Å². The van der Waals surface area contributed by atoms with Gasteiger partial charge in [0, 0.05) is 30.7 Å². The average Bonchev–Trinajstić information content (AvgIpc) is 2.90. The molecule has 0 bridgehead atoms. The number of benzene rings is 2. The number of aromatic nitrogens is 1. The van der Waals surface area contributed by atoms with Crippen LogP contribution >= 0.6 is 0 Å². The fraction of sp³-hybridized carbons (Fsp3) is 0.118. The maximum Gasteiger partial charge on any atom is 0.256 e. The number of nitrogens with one attached hydrogen (secondary N) is 1. The Kier molecular flexibility index (Phi) is 3.44. The second-order valence-electron chi connectivity index (χ2n) is 5.04. The molecule has 3 nitrogen and oxygen atoms in total. The highest BCUT2D eigenvalue weighted by Crippen LogP contribution is 2.21. The number of carbonyl (C=O) groups is 1. The van der Waals surface area contributed by atoms with Crippen LogP contribution in [0.3, 0.4) is 0 Å². The number of aromatic amines is 1. The molecule has 3 aromatic rings. The zero-order valence-corrected chi connectivity index (χ0v) is 11.6.